The lowest BCUT2D eigenvalue weighted by atomic mass is 9.90. The van der Waals surface area contributed by atoms with E-state index in [2.05, 4.69) is 11.2 Å². The van der Waals surface area contributed by atoms with Crippen LogP contribution < -0.4 is 24.7 Å². The maximum absolute atomic E-state index is 9.94. The SMILES string of the molecule is COc1cc(C2=C(C#N)C(N)Oc3c2c(C)nn3-c2ccc(Cl)c(Cl)c2)cc(OC)c1OC. The summed E-state index contributed by atoms with van der Waals surface area (Å²) in [7, 11) is 4.57. The van der Waals surface area contributed by atoms with Crippen LogP contribution in [0.1, 0.15) is 16.8 Å². The topological polar surface area (TPSA) is 105 Å². The van der Waals surface area contributed by atoms with Crippen molar-refractivity contribution in [2.75, 3.05) is 21.3 Å². The number of ether oxygens (including phenoxy) is 4. The smallest absolute Gasteiger partial charge is 0.226 e. The van der Waals surface area contributed by atoms with Gasteiger partial charge >= 0.3 is 0 Å². The van der Waals surface area contributed by atoms with Gasteiger partial charge in [0.05, 0.1) is 53.9 Å². The van der Waals surface area contributed by atoms with E-state index in [9.17, 15) is 5.26 Å². The Hall–Kier alpha value is -3.38. The van der Waals surface area contributed by atoms with Crippen LogP contribution in [-0.2, 0) is 0 Å². The maximum Gasteiger partial charge on any atom is 0.226 e. The van der Waals surface area contributed by atoms with Gasteiger partial charge in [-0.25, -0.2) is 4.68 Å². The van der Waals surface area contributed by atoms with Crippen LogP contribution in [0.3, 0.4) is 0 Å². The Balaban J connectivity index is 2.00. The van der Waals surface area contributed by atoms with Crippen LogP contribution in [0.2, 0.25) is 10.0 Å². The first-order valence-electron chi connectivity index (χ1n) is 9.76. The number of benzene rings is 2. The lowest BCUT2D eigenvalue weighted by Crippen LogP contribution is -2.33. The van der Waals surface area contributed by atoms with Crippen LogP contribution in [0.15, 0.2) is 35.9 Å². The quantitative estimate of drug-likeness (QED) is 0.565. The molecule has 2 N–H and O–H groups in total. The highest BCUT2D eigenvalue weighted by Gasteiger charge is 2.34. The molecular formula is C23H20Cl2N4O4. The molecule has 10 heteroatoms. The number of hydrogen-bond donors (Lipinski definition) is 1. The summed E-state index contributed by atoms with van der Waals surface area (Å²) in [5.41, 5.74) is 9.58. The van der Waals surface area contributed by atoms with Crippen LogP contribution in [0, 0.1) is 18.3 Å². The summed E-state index contributed by atoms with van der Waals surface area (Å²) in [5.74, 6) is 1.68. The fourth-order valence-electron chi connectivity index (χ4n) is 3.80. The lowest BCUT2D eigenvalue weighted by Gasteiger charge is -2.25. The molecule has 3 aromatic rings. The average molecular weight is 487 g/mol. The van der Waals surface area contributed by atoms with Crippen molar-refractivity contribution in [1.82, 2.24) is 9.78 Å². The minimum atomic E-state index is -1.02. The summed E-state index contributed by atoms with van der Waals surface area (Å²) in [6, 6.07) is 10.8. The Bertz CT molecular complexity index is 1300. The van der Waals surface area contributed by atoms with Crippen LogP contribution in [0.25, 0.3) is 11.3 Å². The summed E-state index contributed by atoms with van der Waals surface area (Å²) in [6.45, 7) is 1.82. The molecule has 0 radical (unpaired) electrons. The molecule has 0 amide bonds. The molecule has 33 heavy (non-hydrogen) atoms. The average Bonchev–Trinajstić information content (AvgIpc) is 3.14. The molecule has 0 saturated carbocycles. The molecule has 170 valence electrons. The van der Waals surface area contributed by atoms with Crippen molar-refractivity contribution in [2.24, 2.45) is 5.73 Å². The van der Waals surface area contributed by atoms with Crippen molar-refractivity contribution < 1.29 is 18.9 Å². The first-order valence-corrected chi connectivity index (χ1v) is 10.5. The van der Waals surface area contributed by atoms with Gasteiger partial charge in [-0.3, -0.25) is 5.73 Å². The zero-order chi connectivity index (χ0) is 23.9. The molecule has 0 spiro atoms. The largest absolute Gasteiger partial charge is 0.493 e. The van der Waals surface area contributed by atoms with Gasteiger partial charge in [-0.2, -0.15) is 10.4 Å². The number of halogens is 2. The lowest BCUT2D eigenvalue weighted by molar-refractivity contribution is 0.228. The zero-order valence-corrected chi connectivity index (χ0v) is 19.8. The predicted octanol–water partition coefficient (Wildman–Crippen LogP) is 4.52. The molecule has 4 rings (SSSR count). The van der Waals surface area contributed by atoms with Crippen molar-refractivity contribution >= 4 is 28.8 Å². The predicted molar refractivity (Wildman–Crippen MR) is 125 cm³/mol. The van der Waals surface area contributed by atoms with Crippen molar-refractivity contribution in [1.29, 1.82) is 5.26 Å². The van der Waals surface area contributed by atoms with Gasteiger partial charge in [0, 0.05) is 5.57 Å². The molecule has 1 aliphatic heterocycles. The third-order valence-electron chi connectivity index (χ3n) is 5.28. The second-order valence-electron chi connectivity index (χ2n) is 7.13. The van der Waals surface area contributed by atoms with Gasteiger partial charge in [-0.05, 0) is 42.8 Å². The third-order valence-corrected chi connectivity index (χ3v) is 6.02. The highest BCUT2D eigenvalue weighted by Crippen LogP contribution is 2.46. The summed E-state index contributed by atoms with van der Waals surface area (Å²) in [5, 5.41) is 15.4. The summed E-state index contributed by atoms with van der Waals surface area (Å²) in [4.78, 5) is 0. The van der Waals surface area contributed by atoms with E-state index in [0.29, 0.717) is 61.3 Å². The van der Waals surface area contributed by atoms with Gasteiger partial charge in [-0.1, -0.05) is 23.2 Å². The molecule has 1 aromatic heterocycles. The van der Waals surface area contributed by atoms with Gasteiger partial charge in [0.25, 0.3) is 0 Å². The molecule has 2 heterocycles. The normalized spacial score (nSPS) is 14.9. The number of nitrogens with zero attached hydrogens (tertiary/aromatic N) is 3. The van der Waals surface area contributed by atoms with Crippen molar-refractivity contribution in [3.8, 4) is 34.9 Å². The molecule has 0 fully saturated rings. The second kappa shape index (κ2) is 8.87. The van der Waals surface area contributed by atoms with E-state index < -0.39 is 6.23 Å². The first kappa shape index (κ1) is 22.8. The van der Waals surface area contributed by atoms with E-state index in [1.165, 1.54) is 21.3 Å². The molecule has 2 aromatic carbocycles. The van der Waals surface area contributed by atoms with Crippen LogP contribution in [0.5, 0.6) is 23.1 Å². The van der Waals surface area contributed by atoms with E-state index in [1.807, 2.05) is 6.92 Å². The number of aromatic nitrogens is 2. The number of hydrogen-bond acceptors (Lipinski definition) is 7. The van der Waals surface area contributed by atoms with Gasteiger partial charge in [0.2, 0.25) is 11.6 Å². The number of nitriles is 1. The maximum atomic E-state index is 9.94. The molecule has 0 bridgehead atoms. The second-order valence-corrected chi connectivity index (χ2v) is 7.94. The minimum absolute atomic E-state index is 0.244. The molecule has 1 aliphatic rings. The number of aryl methyl sites for hydroxylation is 1. The Kier molecular flexibility index (Phi) is 6.13. The highest BCUT2D eigenvalue weighted by molar-refractivity contribution is 6.42. The van der Waals surface area contributed by atoms with E-state index >= 15 is 0 Å². The van der Waals surface area contributed by atoms with E-state index in [4.69, 9.17) is 47.9 Å². The fourth-order valence-corrected chi connectivity index (χ4v) is 4.09. The zero-order valence-electron chi connectivity index (χ0n) is 18.3. The van der Waals surface area contributed by atoms with Crippen molar-refractivity contribution in [2.45, 2.75) is 13.2 Å². The third kappa shape index (κ3) is 3.74. The van der Waals surface area contributed by atoms with Gasteiger partial charge in [0.1, 0.15) is 6.07 Å². The number of rotatable bonds is 5. The summed E-state index contributed by atoms with van der Waals surface area (Å²) in [6.07, 6.45) is -1.02. The van der Waals surface area contributed by atoms with Gasteiger partial charge in [0.15, 0.2) is 17.7 Å². The molecule has 1 unspecified atom stereocenters. The standard InChI is InChI=1S/C23H20Cl2N4O4/c1-11-19-20(12-7-17(30-2)21(32-4)18(8-12)31-3)14(10-26)22(27)33-23(19)29(28-11)13-5-6-15(24)16(25)9-13/h5-9,22H,27H2,1-4H3. The fraction of sp³-hybridized carbons (Fsp3) is 0.217. The van der Waals surface area contributed by atoms with Gasteiger partial charge in [-0.15, -0.1) is 0 Å². The highest BCUT2D eigenvalue weighted by atomic mass is 35.5. The number of fused-ring (bicyclic) bond motifs is 1. The Morgan fingerprint density at radius 1 is 1.06 bits per heavy atom. The summed E-state index contributed by atoms with van der Waals surface area (Å²) < 4.78 is 24.0. The monoisotopic (exact) mass is 486 g/mol. The van der Waals surface area contributed by atoms with E-state index in [-0.39, 0.29) is 5.57 Å². The Morgan fingerprint density at radius 3 is 2.27 bits per heavy atom. The number of nitrogens with two attached hydrogens (primary N) is 1. The molecular weight excluding hydrogens is 467 g/mol. The van der Waals surface area contributed by atoms with E-state index in [0.717, 1.165) is 0 Å². The minimum Gasteiger partial charge on any atom is -0.493 e. The van der Waals surface area contributed by atoms with Crippen LogP contribution >= 0.6 is 23.2 Å². The molecule has 8 nitrogen and oxygen atoms in total. The summed E-state index contributed by atoms with van der Waals surface area (Å²) >= 11 is 12.3. The van der Waals surface area contributed by atoms with Crippen LogP contribution in [-0.4, -0.2) is 37.3 Å². The van der Waals surface area contributed by atoms with Crippen molar-refractivity contribution in [3.63, 3.8) is 0 Å². The van der Waals surface area contributed by atoms with Crippen LogP contribution in [0.4, 0.5) is 0 Å². The van der Waals surface area contributed by atoms with Crippen molar-refractivity contribution in [3.05, 3.63) is 62.8 Å². The molecule has 0 aliphatic carbocycles. The first-order chi connectivity index (χ1) is 15.8. The molecule has 0 saturated heterocycles. The van der Waals surface area contributed by atoms with Gasteiger partial charge < -0.3 is 18.9 Å². The Morgan fingerprint density at radius 2 is 1.73 bits per heavy atom. The Labute approximate surface area is 200 Å². The molecule has 1 atom stereocenters. The number of methoxy groups -OCH3 is 3. The van der Waals surface area contributed by atoms with E-state index in [1.54, 1.807) is 35.0 Å².